The molecule has 1 N–H and O–H groups in total. The van der Waals surface area contributed by atoms with Gasteiger partial charge < -0.3 is 9.73 Å². The number of carbonyl (C=O) groups is 1. The zero-order valence-corrected chi connectivity index (χ0v) is 13.2. The lowest BCUT2D eigenvalue weighted by Crippen LogP contribution is -2.11. The van der Waals surface area contributed by atoms with E-state index < -0.39 is 15.7 Å². The van der Waals surface area contributed by atoms with Crippen LogP contribution in [0.4, 0.5) is 5.69 Å². The Balaban J connectivity index is 2.16. The first-order chi connectivity index (χ1) is 9.74. The van der Waals surface area contributed by atoms with Crippen molar-refractivity contribution < 1.29 is 17.6 Å². The molecule has 0 radical (unpaired) electrons. The molecule has 1 aromatic heterocycles. The summed E-state index contributed by atoms with van der Waals surface area (Å²) in [6.45, 7) is 0. The molecule has 1 heterocycles. The van der Waals surface area contributed by atoms with Crippen LogP contribution < -0.4 is 5.32 Å². The fourth-order valence-electron chi connectivity index (χ4n) is 1.61. The van der Waals surface area contributed by atoms with E-state index in [1.165, 1.54) is 18.2 Å². The molecule has 0 aliphatic carbocycles. The van der Waals surface area contributed by atoms with Gasteiger partial charge >= 0.3 is 0 Å². The quantitative estimate of drug-likeness (QED) is 0.919. The highest BCUT2D eigenvalue weighted by Gasteiger charge is 2.15. The van der Waals surface area contributed by atoms with Gasteiger partial charge in [-0.25, -0.2) is 8.42 Å². The van der Waals surface area contributed by atoms with Gasteiger partial charge in [-0.3, -0.25) is 4.79 Å². The first-order valence-electron chi connectivity index (χ1n) is 5.77. The second kappa shape index (κ2) is 6.09. The third-order valence-electron chi connectivity index (χ3n) is 2.47. The lowest BCUT2D eigenvalue weighted by molar-refractivity contribution is 0.0995. The Bertz CT molecular complexity index is 783. The van der Waals surface area contributed by atoms with Crippen LogP contribution >= 0.6 is 23.2 Å². The van der Waals surface area contributed by atoms with Gasteiger partial charge in [0.2, 0.25) is 0 Å². The molecular weight excluding hydrogens is 337 g/mol. The highest BCUT2D eigenvalue weighted by atomic mass is 35.5. The maximum absolute atomic E-state index is 12.0. The third-order valence-corrected chi connectivity index (χ3v) is 3.84. The van der Waals surface area contributed by atoms with Crippen LogP contribution in [0.5, 0.6) is 0 Å². The molecule has 0 saturated heterocycles. The normalized spacial score (nSPS) is 11.4. The number of rotatable bonds is 4. The van der Waals surface area contributed by atoms with Crippen LogP contribution in [0.1, 0.15) is 16.3 Å². The second-order valence-corrected chi connectivity index (χ2v) is 7.40. The minimum absolute atomic E-state index is 0.00954. The number of nitrogens with one attached hydrogen (secondary N) is 1. The molecule has 0 unspecified atom stereocenters. The maximum Gasteiger partial charge on any atom is 0.291 e. The fraction of sp³-hybridized carbons (Fsp3) is 0.154. The van der Waals surface area contributed by atoms with E-state index >= 15 is 0 Å². The summed E-state index contributed by atoms with van der Waals surface area (Å²) >= 11 is 11.8. The Morgan fingerprint density at radius 2 is 1.95 bits per heavy atom. The molecule has 1 aromatic carbocycles. The summed E-state index contributed by atoms with van der Waals surface area (Å²) in [4.78, 5) is 12.0. The molecule has 0 aliphatic heterocycles. The van der Waals surface area contributed by atoms with Crippen LogP contribution in [0, 0.1) is 0 Å². The summed E-state index contributed by atoms with van der Waals surface area (Å²) in [5, 5.41) is 3.30. The lowest BCUT2D eigenvalue weighted by atomic mass is 10.3. The van der Waals surface area contributed by atoms with E-state index in [9.17, 15) is 13.2 Å². The third kappa shape index (κ3) is 4.49. The van der Waals surface area contributed by atoms with Gasteiger partial charge in [0.1, 0.15) is 11.5 Å². The first kappa shape index (κ1) is 15.9. The highest BCUT2D eigenvalue weighted by molar-refractivity contribution is 7.89. The van der Waals surface area contributed by atoms with Gasteiger partial charge in [-0.15, -0.1) is 0 Å². The lowest BCUT2D eigenvalue weighted by Gasteiger charge is -2.06. The smallest absolute Gasteiger partial charge is 0.291 e. The number of halogens is 2. The van der Waals surface area contributed by atoms with Gasteiger partial charge in [0.05, 0.1) is 10.7 Å². The molecule has 0 bridgehead atoms. The van der Waals surface area contributed by atoms with E-state index in [-0.39, 0.29) is 17.3 Å². The molecule has 8 heteroatoms. The van der Waals surface area contributed by atoms with Crippen molar-refractivity contribution in [2.24, 2.45) is 0 Å². The van der Waals surface area contributed by atoms with Crippen molar-refractivity contribution in [3.63, 3.8) is 0 Å². The summed E-state index contributed by atoms with van der Waals surface area (Å²) in [7, 11) is -3.22. The second-order valence-electron chi connectivity index (χ2n) is 4.41. The number of benzene rings is 1. The minimum Gasteiger partial charge on any atom is -0.455 e. The van der Waals surface area contributed by atoms with E-state index in [0.29, 0.717) is 15.7 Å². The van der Waals surface area contributed by atoms with Crippen molar-refractivity contribution in [3.8, 4) is 0 Å². The van der Waals surface area contributed by atoms with Crippen molar-refractivity contribution in [3.05, 3.63) is 51.9 Å². The number of hydrogen-bond donors (Lipinski definition) is 1. The Morgan fingerprint density at radius 3 is 2.62 bits per heavy atom. The number of sulfone groups is 1. The van der Waals surface area contributed by atoms with Gasteiger partial charge in [-0.05, 0) is 30.3 Å². The molecule has 1 amide bonds. The van der Waals surface area contributed by atoms with E-state index in [4.69, 9.17) is 27.6 Å². The summed E-state index contributed by atoms with van der Waals surface area (Å²) in [5.41, 5.74) is 0.343. The Kier molecular flexibility index (Phi) is 4.61. The van der Waals surface area contributed by atoms with Gasteiger partial charge in [-0.1, -0.05) is 23.2 Å². The summed E-state index contributed by atoms with van der Waals surface area (Å²) in [5.74, 6) is -0.624. The number of furan rings is 1. The van der Waals surface area contributed by atoms with Crippen LogP contribution in [0.3, 0.4) is 0 Å². The number of carbonyl (C=O) groups excluding carboxylic acids is 1. The predicted molar refractivity (Wildman–Crippen MR) is 81.7 cm³/mol. The maximum atomic E-state index is 12.0. The largest absolute Gasteiger partial charge is 0.455 e. The summed E-state index contributed by atoms with van der Waals surface area (Å²) < 4.78 is 27.5. The molecule has 0 fully saturated rings. The van der Waals surface area contributed by atoms with Crippen molar-refractivity contribution in [1.29, 1.82) is 0 Å². The molecular formula is C13H11Cl2NO4S. The van der Waals surface area contributed by atoms with Crippen molar-refractivity contribution in [1.82, 2.24) is 0 Å². The molecule has 5 nitrogen and oxygen atoms in total. The Labute approximate surface area is 131 Å². The van der Waals surface area contributed by atoms with Crippen molar-refractivity contribution >= 4 is 44.6 Å². The van der Waals surface area contributed by atoms with Crippen LogP contribution in [0.25, 0.3) is 0 Å². The fourth-order valence-corrected chi connectivity index (χ4v) is 2.62. The van der Waals surface area contributed by atoms with Crippen LogP contribution in [0.2, 0.25) is 10.0 Å². The number of amides is 1. The average Bonchev–Trinajstić information content (AvgIpc) is 2.80. The van der Waals surface area contributed by atoms with Gasteiger partial charge in [0, 0.05) is 11.3 Å². The van der Waals surface area contributed by atoms with E-state index in [2.05, 4.69) is 5.32 Å². The van der Waals surface area contributed by atoms with Gasteiger partial charge in [0.25, 0.3) is 5.91 Å². The van der Waals surface area contributed by atoms with Crippen LogP contribution in [0.15, 0.2) is 34.7 Å². The summed E-state index contributed by atoms with van der Waals surface area (Å²) in [6.07, 6.45) is 1.08. The average molecular weight is 348 g/mol. The molecule has 2 rings (SSSR count). The monoisotopic (exact) mass is 347 g/mol. The first-order valence-corrected chi connectivity index (χ1v) is 8.59. The van der Waals surface area contributed by atoms with Crippen molar-refractivity contribution in [2.75, 3.05) is 11.6 Å². The molecule has 21 heavy (non-hydrogen) atoms. The topological polar surface area (TPSA) is 76.4 Å². The summed E-state index contributed by atoms with van der Waals surface area (Å²) in [6, 6.07) is 7.49. The van der Waals surface area contributed by atoms with Crippen LogP contribution in [-0.2, 0) is 15.6 Å². The van der Waals surface area contributed by atoms with Crippen LogP contribution in [-0.4, -0.2) is 20.6 Å². The van der Waals surface area contributed by atoms with Gasteiger partial charge in [0.15, 0.2) is 15.6 Å². The van der Waals surface area contributed by atoms with E-state index in [1.807, 2.05) is 0 Å². The zero-order chi connectivity index (χ0) is 15.6. The molecule has 0 atom stereocenters. The Morgan fingerprint density at radius 1 is 1.24 bits per heavy atom. The highest BCUT2D eigenvalue weighted by Crippen LogP contribution is 2.26. The molecule has 0 aliphatic rings. The minimum atomic E-state index is -3.22. The molecule has 0 saturated carbocycles. The molecule has 112 valence electrons. The van der Waals surface area contributed by atoms with Crippen molar-refractivity contribution in [2.45, 2.75) is 5.75 Å². The number of hydrogen-bond acceptors (Lipinski definition) is 4. The zero-order valence-electron chi connectivity index (χ0n) is 10.9. The van der Waals surface area contributed by atoms with Gasteiger partial charge in [-0.2, -0.15) is 0 Å². The molecule has 0 spiro atoms. The number of anilines is 1. The standard InChI is InChI=1S/C13H11Cl2NO4S/c1-21(18,19)7-9-3-5-12(20-9)13(17)16-11-6-8(14)2-4-10(11)15/h2-6H,7H2,1H3,(H,16,17). The predicted octanol–water partition coefficient (Wildman–Crippen LogP) is 3.38. The van der Waals surface area contributed by atoms with E-state index in [0.717, 1.165) is 6.26 Å². The SMILES string of the molecule is CS(=O)(=O)Cc1ccc(C(=O)Nc2cc(Cl)ccc2Cl)o1. The van der Waals surface area contributed by atoms with E-state index in [1.54, 1.807) is 12.1 Å². The molecule has 2 aromatic rings. The Hall–Kier alpha value is -1.50.